The minimum Gasteiger partial charge on any atom is -0.480 e. The predicted molar refractivity (Wildman–Crippen MR) is 68.4 cm³/mol. The van der Waals surface area contributed by atoms with Crippen LogP contribution < -0.4 is 5.32 Å². The normalized spacial score (nSPS) is 9.33. The third kappa shape index (κ3) is 3.83. The van der Waals surface area contributed by atoms with Crippen LogP contribution in [0, 0.1) is 12.3 Å². The summed E-state index contributed by atoms with van der Waals surface area (Å²) in [7, 11) is 1.45. The van der Waals surface area contributed by atoms with E-state index in [1.807, 2.05) is 0 Å². The Morgan fingerprint density at radius 2 is 2.00 bits per heavy atom. The number of carbonyl (C=O) groups excluding carboxylic acids is 1. The van der Waals surface area contributed by atoms with Crippen LogP contribution in [0.3, 0.4) is 0 Å². The summed E-state index contributed by atoms with van der Waals surface area (Å²) < 4.78 is 0. The van der Waals surface area contributed by atoms with Gasteiger partial charge in [-0.3, -0.25) is 9.59 Å². The molecule has 5 heteroatoms. The van der Waals surface area contributed by atoms with Gasteiger partial charge in [0.25, 0.3) is 5.91 Å². The van der Waals surface area contributed by atoms with Gasteiger partial charge in [-0.15, -0.1) is 6.42 Å². The lowest BCUT2D eigenvalue weighted by Gasteiger charge is -2.14. The Morgan fingerprint density at radius 3 is 2.50 bits per heavy atom. The summed E-state index contributed by atoms with van der Waals surface area (Å²) in [6.07, 6.45) is 5.11. The minimum atomic E-state index is -1.04. The fourth-order valence-corrected chi connectivity index (χ4v) is 1.38. The van der Waals surface area contributed by atoms with E-state index < -0.39 is 5.97 Å². The SMILES string of the molecule is C#CCNc1ccc(C(=O)N(C)CC(=O)O)cc1. The van der Waals surface area contributed by atoms with E-state index in [0.717, 1.165) is 10.6 Å². The Morgan fingerprint density at radius 1 is 1.39 bits per heavy atom. The molecule has 0 unspecified atom stereocenters. The van der Waals surface area contributed by atoms with Crippen molar-refractivity contribution in [3.8, 4) is 12.3 Å². The Kier molecular flexibility index (Phi) is 4.76. The van der Waals surface area contributed by atoms with E-state index in [9.17, 15) is 9.59 Å². The summed E-state index contributed by atoms with van der Waals surface area (Å²) in [5, 5.41) is 11.6. The summed E-state index contributed by atoms with van der Waals surface area (Å²) >= 11 is 0. The van der Waals surface area contributed by atoms with Crippen molar-refractivity contribution in [1.82, 2.24) is 4.90 Å². The number of nitrogens with zero attached hydrogens (tertiary/aromatic N) is 1. The number of aliphatic carboxylic acids is 1. The fraction of sp³-hybridized carbons (Fsp3) is 0.231. The highest BCUT2D eigenvalue weighted by atomic mass is 16.4. The van der Waals surface area contributed by atoms with Crippen LogP contribution in [0.15, 0.2) is 24.3 Å². The zero-order valence-corrected chi connectivity index (χ0v) is 10.0. The summed E-state index contributed by atoms with van der Waals surface area (Å²) in [5.41, 5.74) is 1.25. The monoisotopic (exact) mass is 246 g/mol. The maximum absolute atomic E-state index is 11.8. The summed E-state index contributed by atoms with van der Waals surface area (Å²) in [5.74, 6) is 1.07. The first-order valence-corrected chi connectivity index (χ1v) is 5.29. The van der Waals surface area contributed by atoms with Crippen molar-refractivity contribution in [3.63, 3.8) is 0 Å². The molecule has 0 heterocycles. The van der Waals surface area contributed by atoms with Crippen molar-refractivity contribution in [3.05, 3.63) is 29.8 Å². The Bertz CT molecular complexity index is 474. The summed E-state index contributed by atoms with van der Waals surface area (Å²) in [4.78, 5) is 23.5. The van der Waals surface area contributed by atoms with E-state index in [1.54, 1.807) is 24.3 Å². The second-order valence-corrected chi connectivity index (χ2v) is 3.69. The molecule has 2 N–H and O–H groups in total. The molecule has 1 aromatic carbocycles. The smallest absolute Gasteiger partial charge is 0.323 e. The number of carboxylic acid groups (broad SMARTS) is 1. The Labute approximate surface area is 105 Å². The summed E-state index contributed by atoms with van der Waals surface area (Å²) in [6.45, 7) is 0.0855. The van der Waals surface area contributed by atoms with Crippen molar-refractivity contribution in [2.45, 2.75) is 0 Å². The molecule has 0 atom stereocenters. The molecular weight excluding hydrogens is 232 g/mol. The van der Waals surface area contributed by atoms with E-state index in [-0.39, 0.29) is 12.5 Å². The van der Waals surface area contributed by atoms with Gasteiger partial charge in [-0.25, -0.2) is 0 Å². The van der Waals surface area contributed by atoms with Gasteiger partial charge in [0, 0.05) is 18.3 Å². The second kappa shape index (κ2) is 6.30. The minimum absolute atomic E-state index is 0.323. The third-order valence-corrected chi connectivity index (χ3v) is 2.25. The molecule has 0 saturated heterocycles. The van der Waals surface area contributed by atoms with Gasteiger partial charge in [0.05, 0.1) is 6.54 Å². The fourth-order valence-electron chi connectivity index (χ4n) is 1.38. The van der Waals surface area contributed by atoms with Crippen LogP contribution in [0.5, 0.6) is 0 Å². The van der Waals surface area contributed by atoms with Crippen LogP contribution in [0.2, 0.25) is 0 Å². The molecule has 0 fully saturated rings. The van der Waals surface area contributed by atoms with Gasteiger partial charge in [0.2, 0.25) is 0 Å². The van der Waals surface area contributed by atoms with Crippen LogP contribution in [0.25, 0.3) is 0 Å². The molecule has 1 amide bonds. The van der Waals surface area contributed by atoms with Crippen molar-refractivity contribution in [2.75, 3.05) is 25.5 Å². The largest absolute Gasteiger partial charge is 0.480 e. The van der Waals surface area contributed by atoms with Crippen LogP contribution in [-0.4, -0.2) is 42.0 Å². The second-order valence-electron chi connectivity index (χ2n) is 3.69. The number of carboxylic acids is 1. The molecule has 0 saturated carbocycles. The van der Waals surface area contributed by atoms with E-state index in [2.05, 4.69) is 11.2 Å². The molecule has 5 nitrogen and oxygen atoms in total. The number of nitrogens with one attached hydrogen (secondary N) is 1. The van der Waals surface area contributed by atoms with Gasteiger partial charge >= 0.3 is 5.97 Å². The van der Waals surface area contributed by atoms with E-state index in [1.165, 1.54) is 7.05 Å². The third-order valence-electron chi connectivity index (χ3n) is 2.25. The number of anilines is 1. The van der Waals surface area contributed by atoms with Gasteiger partial charge in [-0.05, 0) is 24.3 Å². The van der Waals surface area contributed by atoms with E-state index in [4.69, 9.17) is 11.5 Å². The predicted octanol–water partition coefficient (Wildman–Crippen LogP) is 0.888. The quantitative estimate of drug-likeness (QED) is 0.757. The van der Waals surface area contributed by atoms with Crippen molar-refractivity contribution >= 4 is 17.6 Å². The maximum Gasteiger partial charge on any atom is 0.323 e. The number of hydrogen-bond donors (Lipinski definition) is 2. The zero-order chi connectivity index (χ0) is 13.5. The number of rotatable bonds is 5. The molecule has 0 aliphatic carbocycles. The lowest BCUT2D eigenvalue weighted by atomic mass is 10.2. The van der Waals surface area contributed by atoms with E-state index in [0.29, 0.717) is 12.1 Å². The van der Waals surface area contributed by atoms with Crippen LogP contribution in [0.4, 0.5) is 5.69 Å². The van der Waals surface area contributed by atoms with Gasteiger partial charge in [0.15, 0.2) is 0 Å². The molecule has 94 valence electrons. The number of hydrogen-bond acceptors (Lipinski definition) is 3. The van der Waals surface area contributed by atoms with Crippen molar-refractivity contribution in [1.29, 1.82) is 0 Å². The van der Waals surface area contributed by atoms with Gasteiger partial charge in [-0.2, -0.15) is 0 Å². The molecule has 0 spiro atoms. The number of amides is 1. The molecule has 18 heavy (non-hydrogen) atoms. The highest BCUT2D eigenvalue weighted by Gasteiger charge is 2.13. The first-order chi connectivity index (χ1) is 8.54. The molecular formula is C13H14N2O3. The summed E-state index contributed by atoms with van der Waals surface area (Å²) in [6, 6.07) is 6.69. The molecule has 1 aromatic rings. The van der Waals surface area contributed by atoms with Gasteiger partial charge in [0.1, 0.15) is 6.54 Å². The average molecular weight is 246 g/mol. The molecule has 0 bridgehead atoms. The lowest BCUT2D eigenvalue weighted by molar-refractivity contribution is -0.137. The van der Waals surface area contributed by atoms with Crippen LogP contribution >= 0.6 is 0 Å². The molecule has 0 aliphatic heterocycles. The molecule has 0 aromatic heterocycles. The highest BCUT2D eigenvalue weighted by Crippen LogP contribution is 2.10. The van der Waals surface area contributed by atoms with Crippen molar-refractivity contribution < 1.29 is 14.7 Å². The first kappa shape index (κ1) is 13.6. The maximum atomic E-state index is 11.8. The average Bonchev–Trinajstić information content (AvgIpc) is 2.35. The number of benzene rings is 1. The Balaban J connectivity index is 2.70. The lowest BCUT2D eigenvalue weighted by Crippen LogP contribution is -2.31. The van der Waals surface area contributed by atoms with Gasteiger partial charge in [-0.1, -0.05) is 5.92 Å². The first-order valence-electron chi connectivity index (χ1n) is 5.29. The molecule has 0 radical (unpaired) electrons. The molecule has 1 rings (SSSR count). The van der Waals surface area contributed by atoms with Gasteiger partial charge < -0.3 is 15.3 Å². The standard InChI is InChI=1S/C13H14N2O3/c1-3-8-14-11-6-4-10(5-7-11)13(18)15(2)9-12(16)17/h1,4-7,14H,8-9H2,2H3,(H,16,17). The van der Waals surface area contributed by atoms with Crippen LogP contribution in [-0.2, 0) is 4.79 Å². The number of carbonyl (C=O) groups is 2. The highest BCUT2D eigenvalue weighted by molar-refractivity contribution is 5.95. The number of terminal acetylenes is 1. The topological polar surface area (TPSA) is 69.6 Å². The van der Waals surface area contributed by atoms with E-state index >= 15 is 0 Å². The van der Waals surface area contributed by atoms with Crippen molar-refractivity contribution in [2.24, 2.45) is 0 Å². The zero-order valence-electron chi connectivity index (χ0n) is 10.0. The number of likely N-dealkylation sites (N-methyl/N-ethyl adjacent to an activating group) is 1. The Hall–Kier alpha value is -2.48. The molecule has 0 aliphatic rings. The van der Waals surface area contributed by atoms with Crippen LogP contribution in [0.1, 0.15) is 10.4 Å².